The van der Waals surface area contributed by atoms with Crippen molar-refractivity contribution in [1.82, 2.24) is 15.2 Å². The van der Waals surface area contributed by atoms with E-state index in [2.05, 4.69) is 15.3 Å². The minimum absolute atomic E-state index is 0.0593. The Morgan fingerprint density at radius 3 is 2.67 bits per heavy atom. The summed E-state index contributed by atoms with van der Waals surface area (Å²) >= 11 is 0. The highest BCUT2D eigenvalue weighted by molar-refractivity contribution is 5.98. The number of aliphatic hydroxyl groups is 1. The van der Waals surface area contributed by atoms with E-state index in [1.165, 1.54) is 12.1 Å². The maximum atomic E-state index is 13.3. The molecule has 0 aliphatic carbocycles. The first-order valence-electron chi connectivity index (χ1n) is 12.6. The highest BCUT2D eigenvalue weighted by Crippen LogP contribution is 2.35. The van der Waals surface area contributed by atoms with Crippen LogP contribution in [0.4, 0.5) is 13.2 Å². The van der Waals surface area contributed by atoms with Crippen LogP contribution >= 0.6 is 0 Å². The molecule has 1 atom stereocenters. The Hall–Kier alpha value is -3.32. The smallest absolute Gasteiger partial charge is 0.416 e. The largest absolute Gasteiger partial charge is 0.475 e. The second kappa shape index (κ2) is 12.7. The van der Waals surface area contributed by atoms with Crippen LogP contribution in [0.5, 0.6) is 5.88 Å². The molecule has 0 saturated carbocycles. The average Bonchev–Trinajstić information content (AvgIpc) is 2.94. The highest BCUT2D eigenvalue weighted by Gasteiger charge is 2.41. The zero-order valence-electron chi connectivity index (χ0n) is 21.5. The molecule has 3 heterocycles. The lowest BCUT2D eigenvalue weighted by atomic mass is 9.90. The third kappa shape index (κ3) is 7.21. The molecular formula is C27H31F3N4O5. The number of nitrogens with zero attached hydrogens (tertiary/aromatic N) is 3. The first-order valence-corrected chi connectivity index (χ1v) is 12.6. The van der Waals surface area contributed by atoms with E-state index in [-0.39, 0.29) is 25.4 Å². The van der Waals surface area contributed by atoms with Crippen LogP contribution in [-0.4, -0.2) is 85.5 Å². The summed E-state index contributed by atoms with van der Waals surface area (Å²) in [5, 5.41) is 11.7. The van der Waals surface area contributed by atoms with Gasteiger partial charge >= 0.3 is 6.18 Å². The summed E-state index contributed by atoms with van der Waals surface area (Å²) in [5.41, 5.74) is 0.281. The number of allylic oxidation sites excluding steroid dienone is 1. The molecule has 1 fully saturated rings. The van der Waals surface area contributed by atoms with Gasteiger partial charge < -0.3 is 24.6 Å². The molecule has 0 bridgehead atoms. The van der Waals surface area contributed by atoms with Gasteiger partial charge in [0.05, 0.1) is 38.6 Å². The Labute approximate surface area is 224 Å². The number of carbonyl (C=O) groups excluding carboxylic acids is 1. The number of halogens is 3. The molecular weight excluding hydrogens is 517 g/mol. The minimum atomic E-state index is -4.56. The summed E-state index contributed by atoms with van der Waals surface area (Å²) in [6.07, 6.45) is -0.932. The predicted octanol–water partition coefficient (Wildman–Crippen LogP) is 3.15. The molecule has 12 heteroatoms. The topological polar surface area (TPSA) is 106 Å². The van der Waals surface area contributed by atoms with Gasteiger partial charge in [0, 0.05) is 49.2 Å². The number of aromatic nitrogens is 1. The summed E-state index contributed by atoms with van der Waals surface area (Å²) in [4.78, 5) is 24.3. The number of rotatable bonds is 10. The van der Waals surface area contributed by atoms with Crippen LogP contribution in [0.2, 0.25) is 0 Å². The van der Waals surface area contributed by atoms with E-state index in [0.717, 1.165) is 29.0 Å². The summed E-state index contributed by atoms with van der Waals surface area (Å²) in [6.45, 7) is 4.53. The number of hydrogen-bond donors (Lipinski definition) is 2. The number of hydrogen-bond acceptors (Lipinski definition) is 8. The van der Waals surface area contributed by atoms with Crippen LogP contribution < -0.4 is 10.1 Å². The Balaban J connectivity index is 1.55. The fraction of sp³-hybridized carbons (Fsp3) is 0.444. The Morgan fingerprint density at radius 2 is 1.97 bits per heavy atom. The molecule has 1 aromatic carbocycles. The number of aliphatic imine (C=N–C) groups is 1. The first-order chi connectivity index (χ1) is 18.7. The number of alkyl halides is 3. The molecule has 0 radical (unpaired) electrons. The number of benzene rings is 1. The predicted molar refractivity (Wildman–Crippen MR) is 137 cm³/mol. The maximum absolute atomic E-state index is 13.3. The zero-order chi connectivity index (χ0) is 27.9. The summed E-state index contributed by atoms with van der Waals surface area (Å²) < 4.78 is 56.1. The van der Waals surface area contributed by atoms with Crippen molar-refractivity contribution < 1.29 is 37.3 Å². The summed E-state index contributed by atoms with van der Waals surface area (Å²) in [7, 11) is 0. The van der Waals surface area contributed by atoms with Crippen molar-refractivity contribution >= 4 is 17.7 Å². The number of amides is 1. The number of ether oxygens (including phenoxy) is 3. The molecule has 2 aliphatic rings. The molecule has 1 amide bonds. The molecule has 2 aliphatic heterocycles. The van der Waals surface area contributed by atoms with E-state index >= 15 is 0 Å². The van der Waals surface area contributed by atoms with Crippen LogP contribution in [0.1, 0.15) is 34.8 Å². The monoisotopic (exact) mass is 548 g/mol. The second-order valence-electron chi connectivity index (χ2n) is 9.12. The summed E-state index contributed by atoms with van der Waals surface area (Å²) in [5.74, 6) is -0.232. The Bertz CT molecular complexity index is 1200. The zero-order valence-corrected chi connectivity index (χ0v) is 21.5. The molecule has 210 valence electrons. The number of pyridine rings is 1. The molecule has 0 spiro atoms. The fourth-order valence-electron chi connectivity index (χ4n) is 4.47. The van der Waals surface area contributed by atoms with Gasteiger partial charge in [-0.2, -0.15) is 13.2 Å². The van der Waals surface area contributed by atoms with E-state index in [4.69, 9.17) is 19.3 Å². The van der Waals surface area contributed by atoms with Crippen LogP contribution in [0.15, 0.2) is 53.3 Å². The molecule has 4 rings (SSSR count). The van der Waals surface area contributed by atoms with Gasteiger partial charge in [-0.1, -0.05) is 6.07 Å². The van der Waals surface area contributed by atoms with Crippen LogP contribution in [-0.2, 0) is 15.7 Å². The molecule has 1 saturated heterocycles. The molecule has 39 heavy (non-hydrogen) atoms. The first kappa shape index (κ1) is 28.7. The van der Waals surface area contributed by atoms with Gasteiger partial charge in [0.15, 0.2) is 0 Å². The number of morpholine rings is 1. The van der Waals surface area contributed by atoms with Crippen LogP contribution in [0.3, 0.4) is 0 Å². The van der Waals surface area contributed by atoms with Crippen molar-refractivity contribution in [2.24, 2.45) is 4.99 Å². The van der Waals surface area contributed by atoms with Gasteiger partial charge in [0.25, 0.3) is 5.91 Å². The van der Waals surface area contributed by atoms with Gasteiger partial charge in [-0.15, -0.1) is 0 Å². The van der Waals surface area contributed by atoms with E-state index in [1.807, 2.05) is 17.9 Å². The molecule has 2 aromatic rings. The number of nitrogens with one attached hydrogen (secondary N) is 1. The molecule has 9 nitrogen and oxygen atoms in total. The Morgan fingerprint density at radius 1 is 1.18 bits per heavy atom. The normalized spacial score (nSPS) is 20.2. The van der Waals surface area contributed by atoms with Gasteiger partial charge in [0.1, 0.15) is 12.3 Å². The van der Waals surface area contributed by atoms with E-state index < -0.39 is 23.3 Å². The van der Waals surface area contributed by atoms with Crippen LogP contribution in [0, 0.1) is 0 Å². The Kier molecular flexibility index (Phi) is 9.33. The van der Waals surface area contributed by atoms with Gasteiger partial charge in [-0.3, -0.25) is 14.7 Å². The van der Waals surface area contributed by atoms with E-state index in [9.17, 15) is 18.0 Å². The van der Waals surface area contributed by atoms with Crippen molar-refractivity contribution in [3.8, 4) is 5.88 Å². The lowest BCUT2D eigenvalue weighted by Gasteiger charge is -2.45. The van der Waals surface area contributed by atoms with Gasteiger partial charge in [-0.25, -0.2) is 4.98 Å². The third-order valence-corrected chi connectivity index (χ3v) is 6.51. The standard InChI is InChI=1S/C27H31F3N4O5/c1-19-23(21-5-6-24(31-17-21)39-14-13-38-12-9-35)16-26(18-32-19,34-7-10-37-11-8-34)33-25(36)20-3-2-4-22(15-20)27(28,29)30/h2-6,15,17-18,35H,7-14,16H2,1H3,(H,33,36). The number of aliphatic hydroxyl groups excluding tert-OH is 1. The van der Waals surface area contributed by atoms with E-state index in [1.54, 1.807) is 18.5 Å². The highest BCUT2D eigenvalue weighted by atomic mass is 19.4. The third-order valence-electron chi connectivity index (χ3n) is 6.51. The fourth-order valence-corrected chi connectivity index (χ4v) is 4.47. The van der Waals surface area contributed by atoms with Gasteiger partial charge in [-0.05, 0) is 42.3 Å². The SMILES string of the molecule is CC1=C(c2ccc(OCCOCCO)nc2)CC(NC(=O)c2cccc(C(F)(F)F)c2)(N2CCOCC2)C=N1. The van der Waals surface area contributed by atoms with Crippen molar-refractivity contribution in [2.45, 2.75) is 25.2 Å². The van der Waals surface area contributed by atoms with Gasteiger partial charge in [0.2, 0.25) is 5.88 Å². The molecule has 1 aromatic heterocycles. The average molecular weight is 549 g/mol. The second-order valence-corrected chi connectivity index (χ2v) is 9.12. The maximum Gasteiger partial charge on any atom is 0.416 e. The van der Waals surface area contributed by atoms with Crippen LogP contribution in [0.25, 0.3) is 5.57 Å². The van der Waals surface area contributed by atoms with Crippen molar-refractivity contribution in [2.75, 3.05) is 52.7 Å². The lowest BCUT2D eigenvalue weighted by Crippen LogP contribution is -2.65. The van der Waals surface area contributed by atoms with E-state index in [0.29, 0.717) is 45.2 Å². The van der Waals surface area contributed by atoms with Crippen molar-refractivity contribution in [3.05, 3.63) is 65.0 Å². The van der Waals surface area contributed by atoms with Crippen molar-refractivity contribution in [3.63, 3.8) is 0 Å². The summed E-state index contributed by atoms with van der Waals surface area (Å²) in [6, 6.07) is 7.92. The van der Waals surface area contributed by atoms with Crippen molar-refractivity contribution in [1.29, 1.82) is 0 Å². The lowest BCUT2D eigenvalue weighted by molar-refractivity contribution is -0.137. The number of carbonyl (C=O) groups is 1. The molecule has 1 unspecified atom stereocenters. The quantitative estimate of drug-likeness (QED) is 0.440. The minimum Gasteiger partial charge on any atom is -0.475 e. The molecule has 2 N–H and O–H groups in total.